The minimum atomic E-state index is -0.191. The van der Waals surface area contributed by atoms with Gasteiger partial charge in [0.05, 0.1) is 55.9 Å². The first-order chi connectivity index (χ1) is 63.8. The average molecular weight is 1680 g/mol. The molecule has 129 heavy (non-hydrogen) atoms. The van der Waals surface area contributed by atoms with E-state index in [4.69, 9.17) is 34.9 Å². The Morgan fingerprint density at radius 3 is 1.34 bits per heavy atom. The second kappa shape index (κ2) is 30.0. The fourth-order valence-corrected chi connectivity index (χ4v) is 22.4. The molecular weight excluding hydrogens is 1610 g/mol. The summed E-state index contributed by atoms with van der Waals surface area (Å²) in [5, 5.41) is 16.4. The standard InChI is InChI=1S/C118H73N9S2/c1-70-49-60-85(67-95(70)118-124-116(76-28-6-3-7-29-76)123-117(125-118)77-56-52-72(53-57-77)79-31-23-33-82(64-79)109-107-92-42-15-20-47-105(92)128-113(107)94-61-58-73-25-8-9-36-86(73)111(94)121-109)127-103-46-19-14-40-90(103)97-66-80(59-62-104(97)127)96-68-98-112(91-41-11-10-37-87(91)96)122-110(108-93-43-16-21-48-106(93)129-114(98)108)83-34-22-30-78(63-83)71-50-54-74(55-51-71)99-69-100(120-115(119-99)75-26-4-2-5-27-75)81-32-24-35-84(65-81)126-101-44-17-12-38-88(101)89-39-13-18-45-102(89)126/h2-70,95H,1H3. The van der Waals surface area contributed by atoms with Crippen LogP contribution in [0.25, 0.3) is 251 Å². The molecule has 11 heteroatoms. The Morgan fingerprint density at radius 1 is 0.264 bits per heavy atom. The first kappa shape index (κ1) is 74.1. The Kier molecular flexibility index (Phi) is 17.2. The summed E-state index contributed by atoms with van der Waals surface area (Å²) in [6.07, 6.45) is 6.98. The van der Waals surface area contributed by atoms with E-state index in [1.165, 1.54) is 61.9 Å². The van der Waals surface area contributed by atoms with Crippen LogP contribution in [0.1, 0.15) is 18.7 Å². The van der Waals surface area contributed by atoms with Crippen LogP contribution in [-0.4, -0.2) is 44.0 Å². The SMILES string of the molecule is CC1C=CC(n2c3ccccc3c3cc(-c4cc5c(nc(-c6cccc(-c7ccc(-c8cc(-c9cccc(-n%10c%11ccccc%11c%11ccccc%11%10)c9)nc(-c9ccccc9)n8)cc7)c6)c6c7ccccc7sc56)c5ccccc45)ccc32)=CC1c1nc(-c2ccccc2)nc(-c2ccc(-c3cccc(-c4nc5c6ccccc6ccc5c5sc6ccccc6c45)c3)cc2)n1. The molecule has 9 nitrogen and oxygen atoms in total. The van der Waals surface area contributed by atoms with Crippen molar-refractivity contribution in [2.75, 3.05) is 0 Å². The van der Waals surface area contributed by atoms with E-state index < -0.39 is 0 Å². The van der Waals surface area contributed by atoms with Gasteiger partial charge in [-0.1, -0.05) is 328 Å². The lowest BCUT2D eigenvalue weighted by molar-refractivity contribution is 0.600. The number of para-hydroxylation sites is 3. The van der Waals surface area contributed by atoms with Gasteiger partial charge in [-0.2, -0.15) is 0 Å². The normalized spacial score (nSPS) is 13.6. The Balaban J connectivity index is 0.534. The third kappa shape index (κ3) is 12.4. The highest BCUT2D eigenvalue weighted by Crippen LogP contribution is 2.50. The zero-order chi connectivity index (χ0) is 84.9. The number of pyridine rings is 2. The second-order valence-corrected chi connectivity index (χ2v) is 35.9. The maximum absolute atomic E-state index is 5.89. The molecule has 8 aromatic heterocycles. The van der Waals surface area contributed by atoms with Gasteiger partial charge in [-0.3, -0.25) is 0 Å². The topological polar surface area (TPSA) is 100 Å². The molecule has 0 aliphatic heterocycles. The number of rotatable bonds is 13. The lowest BCUT2D eigenvalue weighted by Crippen LogP contribution is -2.16. The molecule has 0 amide bonds. The van der Waals surface area contributed by atoms with Crippen molar-refractivity contribution in [3.63, 3.8) is 0 Å². The minimum Gasteiger partial charge on any atom is -0.310 e. The van der Waals surface area contributed by atoms with Crippen molar-refractivity contribution in [1.82, 2.24) is 44.0 Å². The number of nitrogens with zero attached hydrogens (tertiary/aromatic N) is 9. The van der Waals surface area contributed by atoms with E-state index in [2.05, 4.69) is 404 Å². The molecular formula is C118H73N9S2. The summed E-state index contributed by atoms with van der Waals surface area (Å²) < 4.78 is 9.73. The van der Waals surface area contributed by atoms with E-state index in [-0.39, 0.29) is 11.8 Å². The van der Waals surface area contributed by atoms with Gasteiger partial charge in [0.2, 0.25) is 0 Å². The molecule has 0 spiro atoms. The van der Waals surface area contributed by atoms with Gasteiger partial charge in [-0.25, -0.2) is 34.9 Å². The molecule has 0 bridgehead atoms. The van der Waals surface area contributed by atoms with Crippen LogP contribution in [0.3, 0.4) is 0 Å². The molecule has 0 fully saturated rings. The Labute approximate surface area is 749 Å². The van der Waals surface area contributed by atoms with E-state index in [9.17, 15) is 0 Å². The zero-order valence-corrected chi connectivity index (χ0v) is 71.4. The second-order valence-electron chi connectivity index (χ2n) is 33.8. The largest absolute Gasteiger partial charge is 0.310 e. The van der Waals surface area contributed by atoms with Gasteiger partial charge in [0, 0.05) is 140 Å². The van der Waals surface area contributed by atoms with Crippen LogP contribution in [0.5, 0.6) is 0 Å². The van der Waals surface area contributed by atoms with Crippen molar-refractivity contribution in [2.45, 2.75) is 12.8 Å². The summed E-state index contributed by atoms with van der Waals surface area (Å²) in [6.45, 7) is 2.27. The van der Waals surface area contributed by atoms with Crippen LogP contribution < -0.4 is 0 Å². The van der Waals surface area contributed by atoms with Gasteiger partial charge in [-0.15, -0.1) is 22.7 Å². The summed E-state index contributed by atoms with van der Waals surface area (Å²) >= 11 is 3.70. The Morgan fingerprint density at radius 2 is 0.713 bits per heavy atom. The van der Waals surface area contributed by atoms with Crippen LogP contribution in [0.2, 0.25) is 0 Å². The fourth-order valence-electron chi connectivity index (χ4n) is 20.0. The molecule has 0 radical (unpaired) electrons. The number of aromatic nitrogens is 9. The smallest absolute Gasteiger partial charge is 0.163 e. The molecule has 1 aliphatic rings. The van der Waals surface area contributed by atoms with Crippen molar-refractivity contribution < 1.29 is 0 Å². The molecule has 1 aliphatic carbocycles. The lowest BCUT2D eigenvalue weighted by atomic mass is 9.88. The van der Waals surface area contributed by atoms with E-state index >= 15 is 0 Å². The number of thiophene rings is 2. The number of hydrogen-bond acceptors (Lipinski definition) is 9. The molecule has 0 saturated heterocycles. The van der Waals surface area contributed by atoms with Crippen LogP contribution in [0.4, 0.5) is 0 Å². The van der Waals surface area contributed by atoms with Gasteiger partial charge in [-0.05, 0) is 141 Å². The molecule has 2 atom stereocenters. The van der Waals surface area contributed by atoms with Gasteiger partial charge >= 0.3 is 0 Å². The summed E-state index contributed by atoms with van der Waals surface area (Å²) in [6, 6.07) is 142. The molecule has 26 rings (SSSR count). The molecule has 0 N–H and O–H groups in total. The van der Waals surface area contributed by atoms with Crippen molar-refractivity contribution >= 4 is 156 Å². The highest BCUT2D eigenvalue weighted by atomic mass is 32.1. The Bertz CT molecular complexity index is 8980. The summed E-state index contributed by atoms with van der Waals surface area (Å²) in [5.74, 6) is 2.52. The number of benzene rings is 17. The number of hydrogen-bond donors (Lipinski definition) is 0. The lowest BCUT2D eigenvalue weighted by Gasteiger charge is -2.24. The minimum absolute atomic E-state index is 0.0681. The molecule has 17 aromatic carbocycles. The van der Waals surface area contributed by atoms with Gasteiger partial charge < -0.3 is 9.13 Å². The van der Waals surface area contributed by atoms with E-state index in [1.54, 1.807) is 0 Å². The van der Waals surface area contributed by atoms with Crippen molar-refractivity contribution in [3.8, 4) is 118 Å². The van der Waals surface area contributed by atoms with Crippen LogP contribution in [-0.2, 0) is 0 Å². The predicted molar refractivity (Wildman–Crippen MR) is 540 cm³/mol. The van der Waals surface area contributed by atoms with Gasteiger partial charge in [0.1, 0.15) is 5.82 Å². The highest BCUT2D eigenvalue weighted by Gasteiger charge is 2.29. The molecule has 0 saturated carbocycles. The maximum Gasteiger partial charge on any atom is 0.163 e. The number of fused-ring (bicyclic) bond motifs is 20. The summed E-state index contributed by atoms with van der Waals surface area (Å²) in [5.41, 5.74) is 25.9. The number of allylic oxidation sites excluding steroid dienone is 4. The third-order valence-corrected chi connectivity index (χ3v) is 28.6. The maximum atomic E-state index is 5.89. The quantitative estimate of drug-likeness (QED) is 0.106. The monoisotopic (exact) mass is 1680 g/mol. The highest BCUT2D eigenvalue weighted by molar-refractivity contribution is 7.27. The van der Waals surface area contributed by atoms with Crippen molar-refractivity contribution in [3.05, 3.63) is 418 Å². The molecule has 602 valence electrons. The van der Waals surface area contributed by atoms with Crippen LogP contribution in [0, 0.1) is 5.92 Å². The molecule has 8 heterocycles. The van der Waals surface area contributed by atoms with Crippen molar-refractivity contribution in [1.29, 1.82) is 0 Å². The summed E-state index contributed by atoms with van der Waals surface area (Å²) in [7, 11) is 0. The Hall–Kier alpha value is -16.3. The third-order valence-electron chi connectivity index (χ3n) is 26.2. The van der Waals surface area contributed by atoms with Crippen LogP contribution >= 0.6 is 22.7 Å². The van der Waals surface area contributed by atoms with Crippen molar-refractivity contribution in [2.24, 2.45) is 5.92 Å². The van der Waals surface area contributed by atoms with Crippen LogP contribution in [0.15, 0.2) is 413 Å². The molecule has 2 unspecified atom stereocenters. The zero-order valence-electron chi connectivity index (χ0n) is 69.8. The average Bonchev–Trinajstić information content (AvgIpc) is 1.62. The predicted octanol–water partition coefficient (Wildman–Crippen LogP) is 31.5. The fraction of sp³-hybridized carbons (Fsp3) is 0.0254. The van der Waals surface area contributed by atoms with E-state index in [0.717, 1.165) is 172 Å². The first-order valence-corrected chi connectivity index (χ1v) is 45.5. The summed E-state index contributed by atoms with van der Waals surface area (Å²) in [4.78, 5) is 38.2. The van der Waals surface area contributed by atoms with E-state index in [1.807, 2.05) is 46.9 Å². The van der Waals surface area contributed by atoms with Gasteiger partial charge in [0.25, 0.3) is 0 Å². The van der Waals surface area contributed by atoms with E-state index in [0.29, 0.717) is 23.3 Å². The first-order valence-electron chi connectivity index (χ1n) is 43.8. The molecule has 25 aromatic rings. The van der Waals surface area contributed by atoms with Gasteiger partial charge in [0.15, 0.2) is 17.5 Å².